The molecule has 1 saturated heterocycles. The molecule has 10 heteroatoms. The first-order chi connectivity index (χ1) is 9.56. The summed E-state index contributed by atoms with van der Waals surface area (Å²) in [5, 5.41) is 0. The second-order valence-electron chi connectivity index (χ2n) is 4.75. The maximum absolute atomic E-state index is 12.6. The number of rotatable bonds is 4. The largest absolute Gasteiger partial charge is 0.312 e. The predicted molar refractivity (Wildman–Crippen MR) is 71.6 cm³/mol. The highest BCUT2D eigenvalue weighted by Crippen LogP contribution is 2.27. The Morgan fingerprint density at radius 3 is 2.24 bits per heavy atom. The summed E-state index contributed by atoms with van der Waals surface area (Å²) in [6.07, 6.45) is -0.0940. The average Bonchev–Trinajstić information content (AvgIpc) is 2.66. The molecular formula is C11H12FNO6S2. The number of hydrogen-bond acceptors (Lipinski definition) is 5. The first-order valence-electron chi connectivity index (χ1n) is 5.86. The van der Waals surface area contributed by atoms with Crippen molar-refractivity contribution in [1.29, 1.82) is 0 Å². The van der Waals surface area contributed by atoms with Gasteiger partial charge in [-0.15, -0.1) is 3.89 Å². The Morgan fingerprint density at radius 2 is 1.76 bits per heavy atom. The highest BCUT2D eigenvalue weighted by Gasteiger charge is 2.33. The SMILES string of the molecule is O=C1CC(CS(=O)(=O)F)CN1c1ccc(S(=O)(=O)O)cc1. The number of nitrogens with zero attached hydrogens (tertiary/aromatic N) is 1. The summed E-state index contributed by atoms with van der Waals surface area (Å²) in [5.74, 6) is -1.74. The van der Waals surface area contributed by atoms with Gasteiger partial charge in [-0.2, -0.15) is 16.8 Å². The van der Waals surface area contributed by atoms with Crippen molar-refractivity contribution in [1.82, 2.24) is 0 Å². The molecule has 1 heterocycles. The molecule has 116 valence electrons. The Bertz CT molecular complexity index is 756. The minimum Gasteiger partial charge on any atom is -0.312 e. The molecule has 0 radical (unpaired) electrons. The van der Waals surface area contributed by atoms with Gasteiger partial charge in [-0.25, -0.2) is 0 Å². The number of halogens is 1. The Balaban J connectivity index is 2.18. The molecule has 0 aliphatic carbocycles. The maximum Gasteiger partial charge on any atom is 0.302 e. The van der Waals surface area contributed by atoms with Crippen LogP contribution in [0.5, 0.6) is 0 Å². The fraction of sp³-hybridized carbons (Fsp3) is 0.364. The summed E-state index contributed by atoms with van der Waals surface area (Å²) < 4.78 is 64.5. The Kier molecular flexibility index (Phi) is 4.04. The first-order valence-corrected chi connectivity index (χ1v) is 8.86. The van der Waals surface area contributed by atoms with Crippen LogP contribution in [0.15, 0.2) is 29.2 Å². The van der Waals surface area contributed by atoms with Crippen LogP contribution in [0.4, 0.5) is 9.57 Å². The second-order valence-corrected chi connectivity index (χ2v) is 7.58. The minimum absolute atomic E-state index is 0.0349. The van der Waals surface area contributed by atoms with Gasteiger partial charge in [-0.1, -0.05) is 0 Å². The number of carbonyl (C=O) groups is 1. The molecule has 1 aromatic carbocycles. The van der Waals surface area contributed by atoms with Crippen LogP contribution in [0.1, 0.15) is 6.42 Å². The van der Waals surface area contributed by atoms with Gasteiger partial charge in [0.25, 0.3) is 10.1 Å². The Labute approximate surface area is 121 Å². The molecule has 2 rings (SSSR count). The van der Waals surface area contributed by atoms with E-state index in [4.69, 9.17) is 4.55 Å². The second kappa shape index (κ2) is 5.35. The van der Waals surface area contributed by atoms with Crippen molar-refractivity contribution in [3.8, 4) is 0 Å². The molecule has 1 aromatic rings. The first kappa shape index (κ1) is 15.9. The highest BCUT2D eigenvalue weighted by molar-refractivity contribution is 7.86. The van der Waals surface area contributed by atoms with Crippen molar-refractivity contribution < 1.29 is 30.1 Å². The number of carbonyl (C=O) groups excluding carboxylic acids is 1. The molecular weight excluding hydrogens is 325 g/mol. The highest BCUT2D eigenvalue weighted by atomic mass is 32.3. The van der Waals surface area contributed by atoms with E-state index in [1.165, 1.54) is 17.0 Å². The van der Waals surface area contributed by atoms with Crippen molar-refractivity contribution in [2.24, 2.45) is 5.92 Å². The number of anilines is 1. The molecule has 0 spiro atoms. The molecule has 0 bridgehead atoms. The molecule has 21 heavy (non-hydrogen) atoms. The molecule has 1 aliphatic heterocycles. The molecule has 7 nitrogen and oxygen atoms in total. The van der Waals surface area contributed by atoms with E-state index in [-0.39, 0.29) is 23.8 Å². The Hall–Kier alpha value is -1.52. The van der Waals surface area contributed by atoms with E-state index in [0.717, 1.165) is 12.1 Å². The van der Waals surface area contributed by atoms with Crippen LogP contribution in [-0.4, -0.2) is 39.6 Å². The number of hydrogen-bond donors (Lipinski definition) is 1. The van der Waals surface area contributed by atoms with E-state index >= 15 is 0 Å². The van der Waals surface area contributed by atoms with Crippen molar-refractivity contribution in [2.45, 2.75) is 11.3 Å². The third kappa shape index (κ3) is 3.99. The van der Waals surface area contributed by atoms with Crippen molar-refractivity contribution >= 4 is 31.9 Å². The molecule has 0 aromatic heterocycles. The molecule has 1 atom stereocenters. The van der Waals surface area contributed by atoms with Gasteiger partial charge in [-0.3, -0.25) is 9.35 Å². The van der Waals surface area contributed by atoms with E-state index in [1.807, 2.05) is 0 Å². The van der Waals surface area contributed by atoms with Crippen LogP contribution in [0.2, 0.25) is 0 Å². The number of amides is 1. The van der Waals surface area contributed by atoms with E-state index in [2.05, 4.69) is 0 Å². The summed E-state index contributed by atoms with van der Waals surface area (Å²) in [4.78, 5) is 12.7. The third-order valence-electron chi connectivity index (χ3n) is 3.09. The molecule has 1 amide bonds. The summed E-state index contributed by atoms with van der Waals surface area (Å²) in [5.41, 5.74) is 0.353. The van der Waals surface area contributed by atoms with Crippen LogP contribution < -0.4 is 4.90 Å². The summed E-state index contributed by atoms with van der Waals surface area (Å²) in [6, 6.07) is 4.87. The van der Waals surface area contributed by atoms with Crippen LogP contribution >= 0.6 is 0 Å². The lowest BCUT2D eigenvalue weighted by Crippen LogP contribution is -2.25. The zero-order valence-electron chi connectivity index (χ0n) is 10.6. The fourth-order valence-corrected chi connectivity index (χ4v) is 3.49. The lowest BCUT2D eigenvalue weighted by Gasteiger charge is -2.16. The molecule has 0 saturated carbocycles. The molecule has 1 fully saturated rings. The normalized spacial score (nSPS) is 20.0. The van der Waals surface area contributed by atoms with Crippen LogP contribution in [0, 0.1) is 5.92 Å². The van der Waals surface area contributed by atoms with Gasteiger partial charge in [0.1, 0.15) is 0 Å². The number of benzene rings is 1. The summed E-state index contributed by atoms with van der Waals surface area (Å²) in [6.45, 7) is 0.0349. The lowest BCUT2D eigenvalue weighted by atomic mass is 10.1. The minimum atomic E-state index is -4.65. The summed E-state index contributed by atoms with van der Waals surface area (Å²) in [7, 11) is -8.98. The van der Waals surface area contributed by atoms with E-state index in [0.29, 0.717) is 5.69 Å². The van der Waals surface area contributed by atoms with Crippen molar-refractivity contribution in [2.75, 3.05) is 17.2 Å². The van der Waals surface area contributed by atoms with Crippen molar-refractivity contribution in [3.05, 3.63) is 24.3 Å². The molecule has 1 unspecified atom stereocenters. The van der Waals surface area contributed by atoms with E-state index in [9.17, 15) is 25.5 Å². The van der Waals surface area contributed by atoms with Gasteiger partial charge in [0.05, 0.1) is 10.6 Å². The maximum atomic E-state index is 12.6. The van der Waals surface area contributed by atoms with E-state index < -0.39 is 32.0 Å². The van der Waals surface area contributed by atoms with Gasteiger partial charge in [-0.05, 0) is 24.3 Å². The molecule has 1 N–H and O–H groups in total. The van der Waals surface area contributed by atoms with Crippen molar-refractivity contribution in [3.63, 3.8) is 0 Å². The van der Waals surface area contributed by atoms with Gasteiger partial charge in [0.2, 0.25) is 5.91 Å². The predicted octanol–water partition coefficient (Wildman–Crippen LogP) is 0.586. The fourth-order valence-electron chi connectivity index (χ4n) is 2.22. The van der Waals surface area contributed by atoms with Gasteiger partial charge in [0.15, 0.2) is 0 Å². The van der Waals surface area contributed by atoms with Gasteiger partial charge < -0.3 is 4.90 Å². The lowest BCUT2D eigenvalue weighted by molar-refractivity contribution is -0.117. The third-order valence-corrected chi connectivity index (χ3v) is 4.82. The monoisotopic (exact) mass is 337 g/mol. The topological polar surface area (TPSA) is 109 Å². The quantitative estimate of drug-likeness (QED) is 0.636. The smallest absolute Gasteiger partial charge is 0.302 e. The molecule has 1 aliphatic rings. The zero-order chi connectivity index (χ0) is 15.8. The van der Waals surface area contributed by atoms with E-state index in [1.54, 1.807) is 0 Å². The zero-order valence-corrected chi connectivity index (χ0v) is 12.3. The standard InChI is InChI=1S/C11H12FNO6S2/c12-20(15,16)7-8-5-11(14)13(6-8)9-1-3-10(4-2-9)21(17,18)19/h1-4,8H,5-7H2,(H,17,18,19). The Morgan fingerprint density at radius 1 is 1.19 bits per heavy atom. The summed E-state index contributed by atoms with van der Waals surface area (Å²) >= 11 is 0. The van der Waals surface area contributed by atoms with Gasteiger partial charge in [0, 0.05) is 24.6 Å². The van der Waals surface area contributed by atoms with Gasteiger partial charge >= 0.3 is 10.2 Å². The van der Waals surface area contributed by atoms with Crippen LogP contribution in [-0.2, 0) is 25.1 Å². The average molecular weight is 337 g/mol. The van der Waals surface area contributed by atoms with Crippen LogP contribution in [0.25, 0.3) is 0 Å². The van der Waals surface area contributed by atoms with Crippen LogP contribution in [0.3, 0.4) is 0 Å².